The largest absolute Gasteiger partial charge is 0.336 e. The number of aryl methyl sites for hydroxylation is 2. The zero-order valence-electron chi connectivity index (χ0n) is 18.1. The van der Waals surface area contributed by atoms with Crippen molar-refractivity contribution in [2.45, 2.75) is 25.8 Å². The number of nitrogens with one attached hydrogen (secondary N) is 1. The molecule has 2 fully saturated rings. The molecule has 1 amide bonds. The first-order valence-electron chi connectivity index (χ1n) is 11.4. The highest BCUT2D eigenvalue weighted by atomic mass is 16.2. The number of hydrogen-bond acceptors (Lipinski definition) is 4. The van der Waals surface area contributed by atoms with Gasteiger partial charge in [-0.15, -0.1) is 0 Å². The van der Waals surface area contributed by atoms with E-state index in [0.717, 1.165) is 37.7 Å². The van der Waals surface area contributed by atoms with E-state index in [0.29, 0.717) is 29.4 Å². The molecule has 0 atom stereocenters. The zero-order valence-corrected chi connectivity index (χ0v) is 18.1. The number of aromatic amines is 1. The second-order valence-corrected chi connectivity index (χ2v) is 8.91. The van der Waals surface area contributed by atoms with Gasteiger partial charge in [-0.2, -0.15) is 0 Å². The average molecular weight is 433 g/mol. The van der Waals surface area contributed by atoms with Crippen molar-refractivity contribution in [2.75, 3.05) is 32.7 Å². The minimum absolute atomic E-state index is 0.0737. The van der Waals surface area contributed by atoms with Crippen molar-refractivity contribution in [3.8, 4) is 0 Å². The van der Waals surface area contributed by atoms with Crippen molar-refractivity contribution in [3.05, 3.63) is 80.5 Å². The predicted molar refractivity (Wildman–Crippen MR) is 124 cm³/mol. The van der Waals surface area contributed by atoms with Crippen LogP contribution in [0, 0.1) is 5.92 Å². The number of nitrogens with zero attached hydrogens (tertiary/aromatic N) is 3. The van der Waals surface area contributed by atoms with Crippen molar-refractivity contribution in [2.24, 2.45) is 5.92 Å². The Balaban J connectivity index is 1.27. The molecule has 2 aliphatic rings. The monoisotopic (exact) mass is 432 g/mol. The van der Waals surface area contributed by atoms with Gasteiger partial charge in [-0.05, 0) is 55.0 Å². The molecule has 0 radical (unpaired) electrons. The maximum atomic E-state index is 13.0. The van der Waals surface area contributed by atoms with E-state index in [9.17, 15) is 14.4 Å². The van der Waals surface area contributed by atoms with Crippen LogP contribution in [0.1, 0.15) is 28.8 Å². The SMILES string of the molecule is O=C(c1cccc(CCn2c(=O)[nH]c(=O)c3ccccc32)c1)N1CCN(CC2CC2)CC1. The van der Waals surface area contributed by atoms with E-state index in [1.807, 2.05) is 35.2 Å². The number of H-pyrrole nitrogens is 1. The molecule has 1 saturated heterocycles. The molecule has 0 spiro atoms. The minimum Gasteiger partial charge on any atom is -0.336 e. The van der Waals surface area contributed by atoms with Crippen LogP contribution in [0.15, 0.2) is 58.1 Å². The molecule has 2 heterocycles. The van der Waals surface area contributed by atoms with Gasteiger partial charge in [0.05, 0.1) is 10.9 Å². The van der Waals surface area contributed by atoms with Crippen LogP contribution >= 0.6 is 0 Å². The summed E-state index contributed by atoms with van der Waals surface area (Å²) in [6, 6.07) is 14.8. The number of fused-ring (bicyclic) bond motifs is 1. The lowest BCUT2D eigenvalue weighted by Crippen LogP contribution is -2.49. The van der Waals surface area contributed by atoms with Crippen LogP contribution in [0.4, 0.5) is 0 Å². The standard InChI is InChI=1S/C25H28N4O3/c30-23-21-6-1-2-7-22(21)29(25(32)26-23)11-10-18-4-3-5-20(16-18)24(31)28-14-12-27(13-15-28)17-19-8-9-19/h1-7,16,19H,8-15,17H2,(H,26,30,32). The number of carbonyl (C=O) groups is 1. The van der Waals surface area contributed by atoms with Gasteiger partial charge in [0.15, 0.2) is 0 Å². The summed E-state index contributed by atoms with van der Waals surface area (Å²) >= 11 is 0. The number of carbonyl (C=O) groups excluding carboxylic acids is 1. The topological polar surface area (TPSA) is 78.4 Å². The molecule has 3 aromatic rings. The maximum absolute atomic E-state index is 13.0. The first-order chi connectivity index (χ1) is 15.6. The summed E-state index contributed by atoms with van der Waals surface area (Å²) in [6.45, 7) is 5.04. The Morgan fingerprint density at radius 1 is 0.969 bits per heavy atom. The maximum Gasteiger partial charge on any atom is 0.328 e. The number of aromatic nitrogens is 2. The van der Waals surface area contributed by atoms with E-state index >= 15 is 0 Å². The number of hydrogen-bond donors (Lipinski definition) is 1. The van der Waals surface area contributed by atoms with Crippen molar-refractivity contribution in [1.29, 1.82) is 0 Å². The highest BCUT2D eigenvalue weighted by molar-refractivity contribution is 5.94. The number of benzene rings is 2. The Hall–Kier alpha value is -3.19. The van der Waals surface area contributed by atoms with E-state index in [-0.39, 0.29) is 11.5 Å². The van der Waals surface area contributed by atoms with Crippen molar-refractivity contribution in [3.63, 3.8) is 0 Å². The third kappa shape index (κ3) is 4.39. The summed E-state index contributed by atoms with van der Waals surface area (Å²) in [7, 11) is 0. The molecule has 1 aliphatic carbocycles. The number of amides is 1. The third-order valence-electron chi connectivity index (χ3n) is 6.58. The van der Waals surface area contributed by atoms with Crippen molar-refractivity contribution >= 4 is 16.8 Å². The Kier molecular flexibility index (Phi) is 5.66. The number of rotatable bonds is 6. The van der Waals surface area contributed by atoms with Crippen LogP contribution in [0.25, 0.3) is 10.9 Å². The number of piperazine rings is 1. The smallest absolute Gasteiger partial charge is 0.328 e. The van der Waals surface area contributed by atoms with E-state index in [1.165, 1.54) is 19.4 Å². The number of para-hydroxylation sites is 1. The second-order valence-electron chi connectivity index (χ2n) is 8.91. The van der Waals surface area contributed by atoms with Gasteiger partial charge in [-0.3, -0.25) is 24.0 Å². The summed E-state index contributed by atoms with van der Waals surface area (Å²) in [5.74, 6) is 0.950. The Morgan fingerprint density at radius 3 is 2.53 bits per heavy atom. The van der Waals surface area contributed by atoms with Crippen LogP contribution in [-0.4, -0.2) is 58.0 Å². The minimum atomic E-state index is -0.412. The lowest BCUT2D eigenvalue weighted by molar-refractivity contribution is 0.0632. The van der Waals surface area contributed by atoms with E-state index < -0.39 is 5.69 Å². The van der Waals surface area contributed by atoms with Gasteiger partial charge in [-0.1, -0.05) is 24.3 Å². The molecule has 32 heavy (non-hydrogen) atoms. The van der Waals surface area contributed by atoms with Crippen molar-refractivity contribution in [1.82, 2.24) is 19.4 Å². The molecular weight excluding hydrogens is 404 g/mol. The molecule has 166 valence electrons. The summed E-state index contributed by atoms with van der Waals surface area (Å²) in [4.78, 5) is 44.3. The molecule has 0 bridgehead atoms. The van der Waals surface area contributed by atoms with Crippen LogP contribution in [0.3, 0.4) is 0 Å². The fourth-order valence-corrected chi connectivity index (χ4v) is 4.55. The Morgan fingerprint density at radius 2 is 1.75 bits per heavy atom. The summed E-state index contributed by atoms with van der Waals surface area (Å²) < 4.78 is 1.59. The Bertz CT molecular complexity index is 1250. The van der Waals surface area contributed by atoms with Crippen LogP contribution < -0.4 is 11.2 Å². The highest BCUT2D eigenvalue weighted by Crippen LogP contribution is 2.30. The van der Waals surface area contributed by atoms with Crippen LogP contribution in [-0.2, 0) is 13.0 Å². The average Bonchev–Trinajstić information content (AvgIpc) is 3.63. The zero-order chi connectivity index (χ0) is 22.1. The molecule has 5 rings (SSSR count). The van der Waals surface area contributed by atoms with E-state index in [1.54, 1.807) is 22.8 Å². The fourth-order valence-electron chi connectivity index (χ4n) is 4.55. The lowest BCUT2D eigenvalue weighted by Gasteiger charge is -2.34. The fraction of sp³-hybridized carbons (Fsp3) is 0.400. The van der Waals surface area contributed by atoms with Crippen LogP contribution in [0.5, 0.6) is 0 Å². The normalized spacial score (nSPS) is 17.1. The molecule has 7 heteroatoms. The van der Waals surface area contributed by atoms with Gasteiger partial charge in [0.2, 0.25) is 0 Å². The molecule has 1 N–H and O–H groups in total. The summed E-state index contributed by atoms with van der Waals surface area (Å²) in [6.07, 6.45) is 3.30. The molecule has 1 aromatic heterocycles. The summed E-state index contributed by atoms with van der Waals surface area (Å²) in [5.41, 5.74) is 1.52. The molecule has 7 nitrogen and oxygen atoms in total. The van der Waals surface area contributed by atoms with Gasteiger partial charge in [0, 0.05) is 44.8 Å². The van der Waals surface area contributed by atoms with E-state index in [2.05, 4.69) is 9.88 Å². The van der Waals surface area contributed by atoms with Gasteiger partial charge in [-0.25, -0.2) is 4.79 Å². The molecule has 1 saturated carbocycles. The van der Waals surface area contributed by atoms with Crippen LogP contribution in [0.2, 0.25) is 0 Å². The van der Waals surface area contributed by atoms with Crippen molar-refractivity contribution < 1.29 is 4.79 Å². The van der Waals surface area contributed by atoms with Gasteiger partial charge < -0.3 is 4.90 Å². The predicted octanol–water partition coefficient (Wildman–Crippen LogP) is 2.10. The van der Waals surface area contributed by atoms with Gasteiger partial charge in [0.25, 0.3) is 11.5 Å². The molecule has 0 unspecified atom stereocenters. The third-order valence-corrected chi connectivity index (χ3v) is 6.58. The quantitative estimate of drug-likeness (QED) is 0.647. The first kappa shape index (κ1) is 20.7. The molecule has 2 aromatic carbocycles. The lowest BCUT2D eigenvalue weighted by atomic mass is 10.1. The molecular formula is C25H28N4O3. The summed E-state index contributed by atoms with van der Waals surface area (Å²) in [5, 5.41) is 0.497. The second kappa shape index (κ2) is 8.74. The first-order valence-corrected chi connectivity index (χ1v) is 11.4. The highest BCUT2D eigenvalue weighted by Gasteiger charge is 2.28. The van der Waals surface area contributed by atoms with Gasteiger partial charge in [0.1, 0.15) is 0 Å². The molecule has 1 aliphatic heterocycles. The van der Waals surface area contributed by atoms with E-state index in [4.69, 9.17) is 0 Å². The Labute approximate surface area is 186 Å². The van der Waals surface area contributed by atoms with Gasteiger partial charge >= 0.3 is 5.69 Å².